The number of aromatic nitrogens is 2. The molecule has 1 N–H and O–H groups in total. The quantitative estimate of drug-likeness (QED) is 0.664. The zero-order valence-electron chi connectivity index (χ0n) is 16.0. The summed E-state index contributed by atoms with van der Waals surface area (Å²) < 4.78 is 5.03. The molecule has 0 atom stereocenters. The Morgan fingerprint density at radius 1 is 1.07 bits per heavy atom. The van der Waals surface area contributed by atoms with Gasteiger partial charge < -0.3 is 9.84 Å². The van der Waals surface area contributed by atoms with Gasteiger partial charge in [-0.3, -0.25) is 4.79 Å². The molecule has 0 aliphatic heterocycles. The molecule has 5 heteroatoms. The maximum absolute atomic E-state index is 12.3. The molecule has 0 fully saturated rings. The second-order valence-corrected chi connectivity index (χ2v) is 7.38. The summed E-state index contributed by atoms with van der Waals surface area (Å²) in [5.41, 5.74) is 3.69. The normalized spacial score (nSPS) is 11.7. The maximum Gasteiger partial charge on any atom is 0.248 e. The topological polar surface area (TPSA) is 68.0 Å². The van der Waals surface area contributed by atoms with E-state index < -0.39 is 0 Å². The van der Waals surface area contributed by atoms with Gasteiger partial charge in [0.1, 0.15) is 0 Å². The van der Waals surface area contributed by atoms with Crippen molar-refractivity contribution in [1.29, 1.82) is 0 Å². The molecule has 3 rings (SSSR count). The number of amides is 1. The average Bonchev–Trinajstić information content (AvgIpc) is 3.06. The molecular weight excluding hydrogens is 338 g/mol. The van der Waals surface area contributed by atoms with Gasteiger partial charge in [-0.05, 0) is 34.8 Å². The minimum atomic E-state index is -0.220. The molecule has 1 amide bonds. The third kappa shape index (κ3) is 4.70. The fourth-order valence-electron chi connectivity index (χ4n) is 2.64. The van der Waals surface area contributed by atoms with Crippen LogP contribution in [0.3, 0.4) is 0 Å². The van der Waals surface area contributed by atoms with Gasteiger partial charge in [0.2, 0.25) is 17.6 Å². The summed E-state index contributed by atoms with van der Waals surface area (Å²) in [6, 6.07) is 15.6. The molecule has 0 spiro atoms. The zero-order valence-corrected chi connectivity index (χ0v) is 16.0. The fraction of sp³-hybridized carbons (Fsp3) is 0.227. The predicted octanol–water partition coefficient (Wildman–Crippen LogP) is 4.99. The van der Waals surface area contributed by atoms with Crippen molar-refractivity contribution in [2.45, 2.75) is 33.1 Å². The van der Waals surface area contributed by atoms with Crippen LogP contribution >= 0.6 is 0 Å². The first kappa shape index (κ1) is 18.6. The molecule has 0 saturated heterocycles. The number of nitrogens with zero attached hydrogens (tertiary/aromatic N) is 2. The molecule has 0 bridgehead atoms. The van der Waals surface area contributed by atoms with Crippen molar-refractivity contribution in [3.8, 4) is 11.4 Å². The Kier molecular flexibility index (Phi) is 5.21. The first-order chi connectivity index (χ1) is 12.8. The summed E-state index contributed by atoms with van der Waals surface area (Å²) in [6.45, 7) is 8.25. The fourth-order valence-corrected chi connectivity index (χ4v) is 2.64. The second kappa shape index (κ2) is 7.58. The highest BCUT2D eigenvalue weighted by molar-refractivity contribution is 6.03. The number of anilines is 1. The average molecular weight is 361 g/mol. The predicted molar refractivity (Wildman–Crippen MR) is 107 cm³/mol. The lowest BCUT2D eigenvalue weighted by atomic mass is 9.87. The highest BCUT2D eigenvalue weighted by Crippen LogP contribution is 2.25. The van der Waals surface area contributed by atoms with E-state index in [1.807, 2.05) is 36.4 Å². The van der Waals surface area contributed by atoms with Crippen molar-refractivity contribution in [2.24, 2.45) is 0 Å². The molecule has 138 valence electrons. The summed E-state index contributed by atoms with van der Waals surface area (Å²) in [5, 5.41) is 6.80. The maximum atomic E-state index is 12.3. The molecule has 1 aromatic heterocycles. The third-order valence-corrected chi connectivity index (χ3v) is 4.16. The van der Waals surface area contributed by atoms with Crippen molar-refractivity contribution in [3.05, 3.63) is 71.6 Å². The molecule has 0 aliphatic carbocycles. The van der Waals surface area contributed by atoms with Crippen LogP contribution in [0.5, 0.6) is 0 Å². The van der Waals surface area contributed by atoms with Crippen LogP contribution in [0.15, 0.2) is 59.1 Å². The number of nitrogens with one attached hydrogen (secondary N) is 1. The molecule has 0 aliphatic rings. The van der Waals surface area contributed by atoms with Crippen LogP contribution in [-0.2, 0) is 10.2 Å². The molecule has 3 aromatic rings. The lowest BCUT2D eigenvalue weighted by Gasteiger charge is -2.18. The first-order valence-corrected chi connectivity index (χ1v) is 8.82. The van der Waals surface area contributed by atoms with E-state index in [2.05, 4.69) is 48.4 Å². The van der Waals surface area contributed by atoms with E-state index in [4.69, 9.17) is 4.52 Å². The van der Waals surface area contributed by atoms with E-state index in [-0.39, 0.29) is 11.3 Å². The Labute approximate surface area is 159 Å². The third-order valence-electron chi connectivity index (χ3n) is 4.16. The van der Waals surface area contributed by atoms with Gasteiger partial charge in [-0.2, -0.15) is 4.98 Å². The summed E-state index contributed by atoms with van der Waals surface area (Å²) in [5.74, 6) is 0.706. The number of aryl methyl sites for hydroxylation is 1. The van der Waals surface area contributed by atoms with Gasteiger partial charge in [0.25, 0.3) is 0 Å². The SMILES string of the molecule is Cc1nc(-c2ccccc2NC(=O)/C=C/c2ccc(C(C)(C)C)cc2)no1. The van der Waals surface area contributed by atoms with Crippen molar-refractivity contribution in [2.75, 3.05) is 5.32 Å². The van der Waals surface area contributed by atoms with Crippen LogP contribution in [0.1, 0.15) is 37.8 Å². The Hall–Kier alpha value is -3.21. The minimum absolute atomic E-state index is 0.108. The molecule has 1 heterocycles. The van der Waals surface area contributed by atoms with Gasteiger partial charge >= 0.3 is 0 Å². The van der Waals surface area contributed by atoms with E-state index in [1.165, 1.54) is 11.6 Å². The number of hydrogen-bond acceptors (Lipinski definition) is 4. The van der Waals surface area contributed by atoms with Crippen LogP contribution < -0.4 is 5.32 Å². The summed E-state index contributed by atoms with van der Waals surface area (Å²) in [6.07, 6.45) is 3.31. The van der Waals surface area contributed by atoms with Gasteiger partial charge in [-0.25, -0.2) is 0 Å². The second-order valence-electron chi connectivity index (χ2n) is 7.38. The number of benzene rings is 2. The Morgan fingerprint density at radius 3 is 2.41 bits per heavy atom. The largest absolute Gasteiger partial charge is 0.339 e. The van der Waals surface area contributed by atoms with E-state index >= 15 is 0 Å². The lowest BCUT2D eigenvalue weighted by molar-refractivity contribution is -0.111. The van der Waals surface area contributed by atoms with Crippen LogP contribution in [0, 0.1) is 6.92 Å². The standard InChI is InChI=1S/C22H23N3O2/c1-15-23-21(25-27-15)18-7-5-6-8-19(18)24-20(26)14-11-16-9-12-17(13-10-16)22(2,3)4/h5-14H,1-4H3,(H,24,26)/b14-11+. The molecule has 5 nitrogen and oxygen atoms in total. The van der Waals surface area contributed by atoms with Gasteiger partial charge in [0.15, 0.2) is 0 Å². The lowest BCUT2D eigenvalue weighted by Crippen LogP contribution is -2.10. The van der Waals surface area contributed by atoms with Crippen LogP contribution in [0.25, 0.3) is 17.5 Å². The smallest absolute Gasteiger partial charge is 0.248 e. The number of hydrogen-bond donors (Lipinski definition) is 1. The Morgan fingerprint density at radius 2 is 1.78 bits per heavy atom. The monoisotopic (exact) mass is 361 g/mol. The summed E-state index contributed by atoms with van der Waals surface area (Å²) in [4.78, 5) is 16.6. The van der Waals surface area contributed by atoms with Crippen molar-refractivity contribution >= 4 is 17.7 Å². The van der Waals surface area contributed by atoms with Crippen molar-refractivity contribution < 1.29 is 9.32 Å². The van der Waals surface area contributed by atoms with E-state index in [1.54, 1.807) is 13.0 Å². The van der Waals surface area contributed by atoms with E-state index in [9.17, 15) is 4.79 Å². The van der Waals surface area contributed by atoms with Crippen LogP contribution in [0.4, 0.5) is 5.69 Å². The highest BCUT2D eigenvalue weighted by Gasteiger charge is 2.13. The molecule has 27 heavy (non-hydrogen) atoms. The van der Waals surface area contributed by atoms with E-state index in [0.717, 1.165) is 5.56 Å². The number of carbonyl (C=O) groups is 1. The molecule has 0 saturated carbocycles. The van der Waals surface area contributed by atoms with Crippen LogP contribution in [-0.4, -0.2) is 16.0 Å². The number of para-hydroxylation sites is 1. The number of rotatable bonds is 4. The summed E-state index contributed by atoms with van der Waals surface area (Å²) in [7, 11) is 0. The van der Waals surface area contributed by atoms with Crippen molar-refractivity contribution in [3.63, 3.8) is 0 Å². The Bertz CT molecular complexity index is 964. The van der Waals surface area contributed by atoms with Gasteiger partial charge in [0, 0.05) is 18.6 Å². The minimum Gasteiger partial charge on any atom is -0.339 e. The molecule has 0 radical (unpaired) electrons. The summed E-state index contributed by atoms with van der Waals surface area (Å²) >= 11 is 0. The Balaban J connectivity index is 1.72. The van der Waals surface area contributed by atoms with Gasteiger partial charge in [-0.15, -0.1) is 0 Å². The first-order valence-electron chi connectivity index (χ1n) is 8.82. The van der Waals surface area contributed by atoms with Gasteiger partial charge in [-0.1, -0.05) is 62.3 Å². The molecular formula is C22H23N3O2. The molecule has 2 aromatic carbocycles. The highest BCUT2D eigenvalue weighted by atomic mass is 16.5. The van der Waals surface area contributed by atoms with Gasteiger partial charge in [0.05, 0.1) is 5.69 Å². The zero-order chi connectivity index (χ0) is 19.4. The van der Waals surface area contributed by atoms with E-state index in [0.29, 0.717) is 23.0 Å². The number of carbonyl (C=O) groups excluding carboxylic acids is 1. The van der Waals surface area contributed by atoms with Crippen molar-refractivity contribution in [1.82, 2.24) is 10.1 Å². The molecule has 0 unspecified atom stereocenters. The van der Waals surface area contributed by atoms with Crippen LogP contribution in [0.2, 0.25) is 0 Å².